The Morgan fingerprint density at radius 3 is 2.86 bits per heavy atom. The van der Waals surface area contributed by atoms with Gasteiger partial charge in [0.15, 0.2) is 0 Å². The Kier molecular flexibility index (Phi) is 4.85. The lowest BCUT2D eigenvalue weighted by Gasteiger charge is -2.09. The molecule has 1 N–H and O–H groups in total. The first-order valence-electron chi connectivity index (χ1n) is 7.65. The fourth-order valence-electron chi connectivity index (χ4n) is 2.44. The standard InChI is InChI=1S/C17H20N2O2S/c1-2-15-11-22-17(19-15)13-5-3-12(4-6-13)9-18-16(20)14-7-8-21-10-14/h3-6,11,14H,2,7-10H2,1H3,(H,18,20)/t14-/m0/s1. The Morgan fingerprint density at radius 1 is 1.41 bits per heavy atom. The third kappa shape index (κ3) is 3.54. The van der Waals surface area contributed by atoms with Gasteiger partial charge in [0.1, 0.15) is 5.01 Å². The van der Waals surface area contributed by atoms with Gasteiger partial charge in [0.25, 0.3) is 0 Å². The normalized spacial score (nSPS) is 17.6. The van der Waals surface area contributed by atoms with Crippen molar-refractivity contribution in [3.8, 4) is 10.6 Å². The topological polar surface area (TPSA) is 51.2 Å². The van der Waals surface area contributed by atoms with Crippen LogP contribution in [0.1, 0.15) is 24.6 Å². The molecule has 0 bridgehead atoms. The quantitative estimate of drug-likeness (QED) is 0.922. The van der Waals surface area contributed by atoms with E-state index >= 15 is 0 Å². The van der Waals surface area contributed by atoms with E-state index in [1.54, 1.807) is 11.3 Å². The summed E-state index contributed by atoms with van der Waals surface area (Å²) in [6.07, 6.45) is 1.79. The van der Waals surface area contributed by atoms with E-state index in [1.165, 1.54) is 0 Å². The van der Waals surface area contributed by atoms with Crippen molar-refractivity contribution in [1.82, 2.24) is 10.3 Å². The van der Waals surface area contributed by atoms with Gasteiger partial charge in [0.05, 0.1) is 18.2 Å². The highest BCUT2D eigenvalue weighted by Crippen LogP contribution is 2.24. The molecule has 0 radical (unpaired) electrons. The maximum atomic E-state index is 11.9. The van der Waals surface area contributed by atoms with Crippen LogP contribution < -0.4 is 5.32 Å². The Labute approximate surface area is 134 Å². The molecular weight excluding hydrogens is 296 g/mol. The summed E-state index contributed by atoms with van der Waals surface area (Å²) in [6, 6.07) is 8.23. The largest absolute Gasteiger partial charge is 0.381 e. The zero-order valence-electron chi connectivity index (χ0n) is 12.7. The lowest BCUT2D eigenvalue weighted by atomic mass is 10.1. The van der Waals surface area contributed by atoms with Gasteiger partial charge in [-0.05, 0) is 18.4 Å². The number of ether oxygens (including phenoxy) is 1. The number of hydrogen-bond acceptors (Lipinski definition) is 4. The Morgan fingerprint density at radius 2 is 2.23 bits per heavy atom. The number of thiazole rings is 1. The lowest BCUT2D eigenvalue weighted by Crippen LogP contribution is -2.30. The molecule has 1 amide bonds. The van der Waals surface area contributed by atoms with E-state index in [0.29, 0.717) is 19.8 Å². The van der Waals surface area contributed by atoms with E-state index in [2.05, 4.69) is 34.7 Å². The van der Waals surface area contributed by atoms with Gasteiger partial charge in [-0.3, -0.25) is 4.79 Å². The summed E-state index contributed by atoms with van der Waals surface area (Å²) in [5.41, 5.74) is 3.36. The Balaban J connectivity index is 1.58. The molecule has 4 nitrogen and oxygen atoms in total. The molecule has 1 aromatic heterocycles. The predicted octanol–water partition coefficient (Wildman–Crippen LogP) is 3.03. The van der Waals surface area contributed by atoms with Crippen LogP contribution in [0.3, 0.4) is 0 Å². The van der Waals surface area contributed by atoms with Crippen LogP contribution >= 0.6 is 11.3 Å². The molecule has 116 valence electrons. The van der Waals surface area contributed by atoms with Crippen LogP contribution in [0.5, 0.6) is 0 Å². The second-order valence-electron chi connectivity index (χ2n) is 5.47. The van der Waals surface area contributed by atoms with Gasteiger partial charge in [-0.25, -0.2) is 4.98 Å². The van der Waals surface area contributed by atoms with Crippen molar-refractivity contribution in [3.63, 3.8) is 0 Å². The van der Waals surface area contributed by atoms with Crippen LogP contribution in [0.25, 0.3) is 10.6 Å². The van der Waals surface area contributed by atoms with Crippen molar-refractivity contribution in [1.29, 1.82) is 0 Å². The highest BCUT2D eigenvalue weighted by Gasteiger charge is 2.22. The van der Waals surface area contributed by atoms with E-state index < -0.39 is 0 Å². The summed E-state index contributed by atoms with van der Waals surface area (Å²) >= 11 is 1.67. The van der Waals surface area contributed by atoms with Gasteiger partial charge >= 0.3 is 0 Å². The van der Waals surface area contributed by atoms with E-state index in [1.807, 2.05) is 12.1 Å². The number of benzene rings is 1. The highest BCUT2D eigenvalue weighted by molar-refractivity contribution is 7.13. The van der Waals surface area contributed by atoms with E-state index in [-0.39, 0.29) is 11.8 Å². The molecule has 1 aliphatic rings. The van der Waals surface area contributed by atoms with E-state index in [0.717, 1.165) is 34.7 Å². The minimum Gasteiger partial charge on any atom is -0.381 e. The third-order valence-corrected chi connectivity index (χ3v) is 4.82. The number of nitrogens with one attached hydrogen (secondary N) is 1. The first kappa shape index (κ1) is 15.2. The SMILES string of the molecule is CCc1csc(-c2ccc(CNC(=O)[C@H]3CCOC3)cc2)n1. The average Bonchev–Trinajstić information content (AvgIpc) is 3.24. The molecule has 22 heavy (non-hydrogen) atoms. The number of aromatic nitrogens is 1. The van der Waals surface area contributed by atoms with Crippen molar-refractivity contribution in [2.45, 2.75) is 26.3 Å². The van der Waals surface area contributed by atoms with Crippen molar-refractivity contribution in [2.24, 2.45) is 5.92 Å². The molecule has 1 saturated heterocycles. The van der Waals surface area contributed by atoms with Gasteiger partial charge in [-0.2, -0.15) is 0 Å². The fourth-order valence-corrected chi connectivity index (χ4v) is 3.35. The van der Waals surface area contributed by atoms with Crippen LogP contribution in [-0.4, -0.2) is 24.1 Å². The number of aryl methyl sites for hydroxylation is 1. The number of carbonyl (C=O) groups excluding carboxylic acids is 1. The van der Waals surface area contributed by atoms with E-state index in [9.17, 15) is 4.79 Å². The predicted molar refractivity (Wildman–Crippen MR) is 87.7 cm³/mol. The van der Waals surface area contributed by atoms with Gasteiger partial charge in [0, 0.05) is 24.1 Å². The number of rotatable bonds is 5. The number of amides is 1. The van der Waals surface area contributed by atoms with Gasteiger partial charge in [-0.1, -0.05) is 31.2 Å². The van der Waals surface area contributed by atoms with Crippen molar-refractivity contribution >= 4 is 17.2 Å². The third-order valence-electron chi connectivity index (χ3n) is 3.88. The smallest absolute Gasteiger partial charge is 0.225 e. The van der Waals surface area contributed by atoms with Crippen LogP contribution in [0, 0.1) is 5.92 Å². The van der Waals surface area contributed by atoms with Crippen LogP contribution in [0.15, 0.2) is 29.6 Å². The number of hydrogen-bond donors (Lipinski definition) is 1. The molecular formula is C17H20N2O2S. The summed E-state index contributed by atoms with van der Waals surface area (Å²) in [6.45, 7) is 3.92. The fraction of sp³-hybridized carbons (Fsp3) is 0.412. The number of nitrogens with zero attached hydrogens (tertiary/aromatic N) is 1. The summed E-state index contributed by atoms with van der Waals surface area (Å²) in [5, 5.41) is 6.14. The molecule has 1 aliphatic heterocycles. The van der Waals surface area contributed by atoms with E-state index in [4.69, 9.17) is 4.74 Å². The first-order chi connectivity index (χ1) is 10.8. The molecule has 2 aromatic rings. The Hall–Kier alpha value is -1.72. The molecule has 5 heteroatoms. The average molecular weight is 316 g/mol. The maximum Gasteiger partial charge on any atom is 0.225 e. The Bertz CT molecular complexity index is 630. The maximum absolute atomic E-state index is 11.9. The molecule has 0 saturated carbocycles. The molecule has 0 unspecified atom stereocenters. The van der Waals surface area contributed by atoms with Crippen molar-refractivity contribution < 1.29 is 9.53 Å². The van der Waals surface area contributed by atoms with Gasteiger partial charge < -0.3 is 10.1 Å². The lowest BCUT2D eigenvalue weighted by molar-refractivity contribution is -0.125. The molecule has 0 aliphatic carbocycles. The van der Waals surface area contributed by atoms with Crippen LogP contribution in [0.2, 0.25) is 0 Å². The van der Waals surface area contributed by atoms with Gasteiger partial charge in [-0.15, -0.1) is 11.3 Å². The minimum absolute atomic E-state index is 0.0158. The zero-order valence-corrected chi connectivity index (χ0v) is 13.5. The van der Waals surface area contributed by atoms with Crippen molar-refractivity contribution in [2.75, 3.05) is 13.2 Å². The molecule has 1 fully saturated rings. The second-order valence-corrected chi connectivity index (χ2v) is 6.33. The van der Waals surface area contributed by atoms with Crippen molar-refractivity contribution in [3.05, 3.63) is 40.9 Å². The molecule has 3 rings (SSSR count). The zero-order chi connectivity index (χ0) is 15.4. The minimum atomic E-state index is 0.0158. The van der Waals surface area contributed by atoms with Crippen LogP contribution in [0.4, 0.5) is 0 Å². The molecule has 0 spiro atoms. The second kappa shape index (κ2) is 7.03. The summed E-state index contributed by atoms with van der Waals surface area (Å²) in [5.74, 6) is 0.108. The molecule has 2 heterocycles. The summed E-state index contributed by atoms with van der Waals surface area (Å²) in [7, 11) is 0. The van der Waals surface area contributed by atoms with Gasteiger partial charge in [0.2, 0.25) is 5.91 Å². The molecule has 1 atom stereocenters. The summed E-state index contributed by atoms with van der Waals surface area (Å²) in [4.78, 5) is 16.5. The number of carbonyl (C=O) groups is 1. The molecule has 1 aromatic carbocycles. The van der Waals surface area contributed by atoms with Crippen LogP contribution in [-0.2, 0) is 22.5 Å². The first-order valence-corrected chi connectivity index (χ1v) is 8.53. The monoisotopic (exact) mass is 316 g/mol. The highest BCUT2D eigenvalue weighted by atomic mass is 32.1. The summed E-state index contributed by atoms with van der Waals surface area (Å²) < 4.78 is 5.24.